The predicted octanol–water partition coefficient (Wildman–Crippen LogP) is 1.92. The minimum Gasteiger partial charge on any atom is -0.399 e. The molecular formula is C14H22N2O. The molecule has 1 aliphatic heterocycles. The number of rotatable bonds is 4. The van der Waals surface area contributed by atoms with Crippen molar-refractivity contribution in [1.82, 2.24) is 4.90 Å². The normalized spacial score (nSPS) is 21.6. The number of hydrogen-bond acceptors (Lipinski definition) is 3. The number of ether oxygens (including phenoxy) is 1. The molecule has 1 aromatic carbocycles. The lowest BCUT2D eigenvalue weighted by atomic mass is 10.1. The van der Waals surface area contributed by atoms with E-state index in [4.69, 9.17) is 10.5 Å². The lowest BCUT2D eigenvalue weighted by molar-refractivity contribution is 0.0319. The summed E-state index contributed by atoms with van der Waals surface area (Å²) in [6, 6.07) is 8.18. The van der Waals surface area contributed by atoms with Gasteiger partial charge in [0, 0.05) is 25.9 Å². The molecule has 1 atom stereocenters. The number of benzene rings is 1. The molecule has 3 nitrogen and oxygen atoms in total. The number of methoxy groups -OCH3 is 1. The fraction of sp³-hybridized carbons (Fsp3) is 0.571. The van der Waals surface area contributed by atoms with Crippen LogP contribution >= 0.6 is 0 Å². The van der Waals surface area contributed by atoms with E-state index in [1.54, 1.807) is 0 Å². The second kappa shape index (κ2) is 6.03. The van der Waals surface area contributed by atoms with Crippen molar-refractivity contribution in [2.24, 2.45) is 0 Å². The fourth-order valence-corrected chi connectivity index (χ4v) is 2.44. The number of likely N-dealkylation sites (tertiary alicyclic amines) is 1. The zero-order valence-electron chi connectivity index (χ0n) is 10.6. The first-order valence-electron chi connectivity index (χ1n) is 6.37. The first-order valence-corrected chi connectivity index (χ1v) is 6.37. The largest absolute Gasteiger partial charge is 0.399 e. The number of piperidine rings is 1. The summed E-state index contributed by atoms with van der Waals surface area (Å²) in [5.41, 5.74) is 7.96. The summed E-state index contributed by atoms with van der Waals surface area (Å²) in [4.78, 5) is 2.49. The van der Waals surface area contributed by atoms with Crippen LogP contribution in [0.15, 0.2) is 24.3 Å². The Morgan fingerprint density at radius 3 is 3.12 bits per heavy atom. The van der Waals surface area contributed by atoms with Gasteiger partial charge in [0.25, 0.3) is 0 Å². The van der Waals surface area contributed by atoms with Crippen molar-refractivity contribution in [3.05, 3.63) is 29.8 Å². The van der Waals surface area contributed by atoms with Gasteiger partial charge in [-0.2, -0.15) is 0 Å². The van der Waals surface area contributed by atoms with Gasteiger partial charge < -0.3 is 15.4 Å². The molecule has 0 saturated carbocycles. The van der Waals surface area contributed by atoms with Gasteiger partial charge in [-0.05, 0) is 43.5 Å². The Morgan fingerprint density at radius 2 is 2.35 bits per heavy atom. The molecular weight excluding hydrogens is 212 g/mol. The second-order valence-electron chi connectivity index (χ2n) is 4.80. The summed E-state index contributed by atoms with van der Waals surface area (Å²) in [5.74, 6) is 0. The standard InChI is InChI=1S/C14H22N2O/c1-17-14-6-3-8-16(11-14)9-7-12-4-2-5-13(15)10-12/h2,4-5,10,14H,3,6-9,11,15H2,1H3. The minimum atomic E-state index is 0.421. The van der Waals surface area contributed by atoms with Gasteiger partial charge in [-0.1, -0.05) is 12.1 Å². The van der Waals surface area contributed by atoms with Crippen LogP contribution in [0.3, 0.4) is 0 Å². The maximum absolute atomic E-state index is 5.78. The van der Waals surface area contributed by atoms with E-state index >= 15 is 0 Å². The van der Waals surface area contributed by atoms with Crippen LogP contribution in [-0.2, 0) is 11.2 Å². The first-order chi connectivity index (χ1) is 8.28. The molecule has 0 aliphatic carbocycles. The Hall–Kier alpha value is -1.06. The zero-order chi connectivity index (χ0) is 12.1. The molecule has 2 N–H and O–H groups in total. The monoisotopic (exact) mass is 234 g/mol. The van der Waals surface area contributed by atoms with E-state index in [0.29, 0.717) is 6.10 Å². The lowest BCUT2D eigenvalue weighted by Gasteiger charge is -2.31. The smallest absolute Gasteiger partial charge is 0.0698 e. The van der Waals surface area contributed by atoms with Crippen molar-refractivity contribution in [2.45, 2.75) is 25.4 Å². The number of hydrogen-bond donors (Lipinski definition) is 1. The highest BCUT2D eigenvalue weighted by Gasteiger charge is 2.18. The van der Waals surface area contributed by atoms with Gasteiger partial charge in [0.05, 0.1) is 6.10 Å². The summed E-state index contributed by atoms with van der Waals surface area (Å²) in [6.07, 6.45) is 3.94. The third-order valence-corrected chi connectivity index (χ3v) is 3.46. The molecule has 0 amide bonds. The zero-order valence-corrected chi connectivity index (χ0v) is 10.6. The highest BCUT2D eigenvalue weighted by Crippen LogP contribution is 2.14. The summed E-state index contributed by atoms with van der Waals surface area (Å²) in [6.45, 7) is 3.37. The van der Waals surface area contributed by atoms with Crippen LogP contribution in [0.1, 0.15) is 18.4 Å². The Balaban J connectivity index is 1.81. The quantitative estimate of drug-likeness (QED) is 0.809. The Morgan fingerprint density at radius 1 is 1.47 bits per heavy atom. The molecule has 17 heavy (non-hydrogen) atoms. The maximum atomic E-state index is 5.78. The molecule has 1 aliphatic rings. The van der Waals surface area contributed by atoms with Crippen LogP contribution in [0, 0.1) is 0 Å². The van der Waals surface area contributed by atoms with E-state index < -0.39 is 0 Å². The molecule has 3 heteroatoms. The van der Waals surface area contributed by atoms with E-state index in [1.807, 2.05) is 19.2 Å². The molecule has 1 saturated heterocycles. The van der Waals surface area contributed by atoms with Crippen molar-refractivity contribution in [1.29, 1.82) is 0 Å². The first kappa shape index (κ1) is 12.4. The fourth-order valence-electron chi connectivity index (χ4n) is 2.44. The number of nitrogens with two attached hydrogens (primary N) is 1. The highest BCUT2D eigenvalue weighted by atomic mass is 16.5. The average molecular weight is 234 g/mol. The molecule has 0 spiro atoms. The van der Waals surface area contributed by atoms with E-state index in [2.05, 4.69) is 17.0 Å². The molecule has 1 fully saturated rings. The molecule has 94 valence electrons. The summed E-state index contributed by atoms with van der Waals surface area (Å²) in [7, 11) is 1.81. The average Bonchev–Trinajstić information content (AvgIpc) is 2.37. The summed E-state index contributed by atoms with van der Waals surface area (Å²) in [5, 5.41) is 0. The van der Waals surface area contributed by atoms with Crippen LogP contribution in [0.2, 0.25) is 0 Å². The van der Waals surface area contributed by atoms with Crippen molar-refractivity contribution in [3.63, 3.8) is 0 Å². The lowest BCUT2D eigenvalue weighted by Crippen LogP contribution is -2.40. The second-order valence-corrected chi connectivity index (χ2v) is 4.80. The Labute approximate surface area is 104 Å². The van der Waals surface area contributed by atoms with Crippen LogP contribution < -0.4 is 5.73 Å². The van der Waals surface area contributed by atoms with Gasteiger partial charge in [0.15, 0.2) is 0 Å². The number of nitrogens with zero attached hydrogens (tertiary/aromatic N) is 1. The van der Waals surface area contributed by atoms with Gasteiger partial charge in [-0.25, -0.2) is 0 Å². The third kappa shape index (κ3) is 3.72. The predicted molar refractivity (Wildman–Crippen MR) is 71.0 cm³/mol. The Kier molecular flexibility index (Phi) is 4.40. The maximum Gasteiger partial charge on any atom is 0.0698 e. The summed E-state index contributed by atoms with van der Waals surface area (Å²) < 4.78 is 5.43. The molecule has 1 heterocycles. The van der Waals surface area contributed by atoms with Crippen molar-refractivity contribution in [3.8, 4) is 0 Å². The minimum absolute atomic E-state index is 0.421. The molecule has 0 radical (unpaired) electrons. The van der Waals surface area contributed by atoms with Crippen LogP contribution in [0.4, 0.5) is 5.69 Å². The van der Waals surface area contributed by atoms with Gasteiger partial charge in [0.2, 0.25) is 0 Å². The third-order valence-electron chi connectivity index (χ3n) is 3.46. The number of anilines is 1. The van der Waals surface area contributed by atoms with Crippen molar-refractivity contribution < 1.29 is 4.74 Å². The van der Waals surface area contributed by atoms with E-state index in [9.17, 15) is 0 Å². The highest BCUT2D eigenvalue weighted by molar-refractivity contribution is 5.40. The van der Waals surface area contributed by atoms with Crippen molar-refractivity contribution >= 4 is 5.69 Å². The van der Waals surface area contributed by atoms with Crippen LogP contribution in [0.25, 0.3) is 0 Å². The van der Waals surface area contributed by atoms with Gasteiger partial charge >= 0.3 is 0 Å². The van der Waals surface area contributed by atoms with Crippen LogP contribution in [-0.4, -0.2) is 37.7 Å². The van der Waals surface area contributed by atoms with E-state index in [1.165, 1.54) is 24.9 Å². The number of nitrogen functional groups attached to an aromatic ring is 1. The van der Waals surface area contributed by atoms with E-state index in [0.717, 1.165) is 25.2 Å². The van der Waals surface area contributed by atoms with Gasteiger partial charge in [0.1, 0.15) is 0 Å². The van der Waals surface area contributed by atoms with Crippen molar-refractivity contribution in [2.75, 3.05) is 32.5 Å². The van der Waals surface area contributed by atoms with E-state index in [-0.39, 0.29) is 0 Å². The van der Waals surface area contributed by atoms with Gasteiger partial charge in [-0.3, -0.25) is 0 Å². The van der Waals surface area contributed by atoms with Crippen LogP contribution in [0.5, 0.6) is 0 Å². The van der Waals surface area contributed by atoms with Gasteiger partial charge in [-0.15, -0.1) is 0 Å². The molecule has 1 unspecified atom stereocenters. The molecule has 1 aromatic rings. The molecule has 0 bridgehead atoms. The molecule has 2 rings (SSSR count). The Bertz CT molecular complexity index is 354. The topological polar surface area (TPSA) is 38.5 Å². The molecule has 0 aromatic heterocycles. The SMILES string of the molecule is COC1CCCN(CCc2cccc(N)c2)C1. The summed E-state index contributed by atoms with van der Waals surface area (Å²) >= 11 is 0.